The standard InChI is InChI=1S/C19H16N6O/c1-11-20-7-8-25(11)17-10-22-15-4-2-3-12(18(15)24-17)16-9-13-14(23-16)5-6-21-19(13)26/h2-4,7-10,23H,5-6H2,1H3,(H,21,26). The molecule has 0 bridgehead atoms. The van der Waals surface area contributed by atoms with Crippen molar-refractivity contribution in [2.45, 2.75) is 13.3 Å². The largest absolute Gasteiger partial charge is 0.358 e. The third kappa shape index (κ3) is 2.21. The SMILES string of the molecule is Cc1nccn1-c1cnc2cccc(-c3cc4c([nH]3)CCNC4=O)c2n1. The predicted octanol–water partition coefficient (Wildman–Crippen LogP) is 2.40. The van der Waals surface area contributed by atoms with Crippen LogP contribution >= 0.6 is 0 Å². The van der Waals surface area contributed by atoms with E-state index in [9.17, 15) is 4.79 Å². The number of amides is 1. The lowest BCUT2D eigenvalue weighted by Gasteiger charge is -2.11. The number of nitrogens with one attached hydrogen (secondary N) is 2. The Hall–Kier alpha value is -3.48. The molecule has 3 aromatic heterocycles. The van der Waals surface area contributed by atoms with Gasteiger partial charge < -0.3 is 10.3 Å². The first-order valence-corrected chi connectivity index (χ1v) is 8.47. The summed E-state index contributed by atoms with van der Waals surface area (Å²) in [6.45, 7) is 2.58. The lowest BCUT2D eigenvalue weighted by molar-refractivity contribution is 0.0946. The van der Waals surface area contributed by atoms with Crippen molar-refractivity contribution in [3.63, 3.8) is 0 Å². The Bertz CT molecular complexity index is 1160. The van der Waals surface area contributed by atoms with Gasteiger partial charge in [-0.25, -0.2) is 9.97 Å². The van der Waals surface area contributed by atoms with Gasteiger partial charge in [-0.2, -0.15) is 0 Å². The number of aromatic nitrogens is 5. The molecule has 4 aromatic rings. The second-order valence-electron chi connectivity index (χ2n) is 6.33. The van der Waals surface area contributed by atoms with Crippen LogP contribution in [0.2, 0.25) is 0 Å². The molecule has 1 aliphatic rings. The monoisotopic (exact) mass is 344 g/mol. The number of hydrogen-bond donors (Lipinski definition) is 2. The van der Waals surface area contributed by atoms with Crippen LogP contribution in [-0.2, 0) is 6.42 Å². The summed E-state index contributed by atoms with van der Waals surface area (Å²) in [6.07, 6.45) is 6.15. The Morgan fingerprint density at radius 1 is 1.19 bits per heavy atom. The average molecular weight is 344 g/mol. The molecule has 0 radical (unpaired) electrons. The number of hydrogen-bond acceptors (Lipinski definition) is 4. The van der Waals surface area contributed by atoms with Gasteiger partial charge in [0.2, 0.25) is 0 Å². The minimum Gasteiger partial charge on any atom is -0.358 e. The topological polar surface area (TPSA) is 88.5 Å². The van der Waals surface area contributed by atoms with Gasteiger partial charge in [-0.15, -0.1) is 0 Å². The molecule has 2 N–H and O–H groups in total. The zero-order chi connectivity index (χ0) is 17.7. The third-order valence-corrected chi connectivity index (χ3v) is 4.73. The van der Waals surface area contributed by atoms with Crippen LogP contribution < -0.4 is 5.32 Å². The molecule has 0 saturated heterocycles. The number of H-pyrrole nitrogens is 1. The summed E-state index contributed by atoms with van der Waals surface area (Å²) in [5.41, 5.74) is 5.08. The molecule has 5 rings (SSSR count). The maximum atomic E-state index is 12.1. The fraction of sp³-hybridized carbons (Fsp3) is 0.158. The highest BCUT2D eigenvalue weighted by molar-refractivity contribution is 5.99. The fourth-order valence-corrected chi connectivity index (χ4v) is 3.42. The van der Waals surface area contributed by atoms with Crippen molar-refractivity contribution < 1.29 is 4.79 Å². The van der Waals surface area contributed by atoms with E-state index in [1.54, 1.807) is 12.4 Å². The molecular formula is C19H16N6O. The zero-order valence-corrected chi connectivity index (χ0v) is 14.2. The van der Waals surface area contributed by atoms with Crippen molar-refractivity contribution in [2.24, 2.45) is 0 Å². The summed E-state index contributed by atoms with van der Waals surface area (Å²) in [6, 6.07) is 7.78. The predicted molar refractivity (Wildman–Crippen MR) is 97.2 cm³/mol. The van der Waals surface area contributed by atoms with E-state index < -0.39 is 0 Å². The molecule has 0 saturated carbocycles. The molecule has 0 aliphatic carbocycles. The highest BCUT2D eigenvalue weighted by Crippen LogP contribution is 2.29. The van der Waals surface area contributed by atoms with Gasteiger partial charge in [0.15, 0.2) is 5.82 Å². The van der Waals surface area contributed by atoms with E-state index in [2.05, 4.69) is 20.3 Å². The number of rotatable bonds is 2. The van der Waals surface area contributed by atoms with E-state index in [0.717, 1.165) is 40.2 Å². The Kier molecular flexibility index (Phi) is 3.15. The number of aromatic amines is 1. The molecule has 4 heterocycles. The van der Waals surface area contributed by atoms with Crippen LogP contribution in [0.15, 0.2) is 42.9 Å². The molecule has 0 unspecified atom stereocenters. The molecule has 7 heteroatoms. The molecule has 26 heavy (non-hydrogen) atoms. The molecule has 0 fully saturated rings. The highest BCUT2D eigenvalue weighted by Gasteiger charge is 2.21. The number of para-hydroxylation sites is 1. The number of carbonyl (C=O) groups is 1. The first-order chi connectivity index (χ1) is 12.7. The summed E-state index contributed by atoms with van der Waals surface area (Å²) in [4.78, 5) is 29.1. The number of nitrogens with zero attached hydrogens (tertiary/aromatic N) is 4. The second kappa shape index (κ2) is 5.52. The average Bonchev–Trinajstić information content (AvgIpc) is 3.28. The van der Waals surface area contributed by atoms with Gasteiger partial charge in [0, 0.05) is 42.3 Å². The van der Waals surface area contributed by atoms with Crippen LogP contribution in [0.4, 0.5) is 0 Å². The number of benzene rings is 1. The molecule has 1 aliphatic heterocycles. The van der Waals surface area contributed by atoms with Gasteiger partial charge in [-0.3, -0.25) is 14.3 Å². The minimum atomic E-state index is -0.0326. The van der Waals surface area contributed by atoms with E-state index >= 15 is 0 Å². The van der Waals surface area contributed by atoms with Crippen LogP contribution in [0.25, 0.3) is 28.1 Å². The van der Waals surface area contributed by atoms with Crippen molar-refractivity contribution in [1.82, 2.24) is 29.8 Å². The van der Waals surface area contributed by atoms with Gasteiger partial charge in [0.1, 0.15) is 11.3 Å². The van der Waals surface area contributed by atoms with Crippen molar-refractivity contribution in [2.75, 3.05) is 6.54 Å². The molecule has 7 nitrogen and oxygen atoms in total. The molecule has 1 amide bonds. The fourth-order valence-electron chi connectivity index (χ4n) is 3.42. The van der Waals surface area contributed by atoms with Gasteiger partial charge in [-0.1, -0.05) is 12.1 Å². The first kappa shape index (κ1) is 14.8. The van der Waals surface area contributed by atoms with Gasteiger partial charge >= 0.3 is 0 Å². The van der Waals surface area contributed by atoms with Crippen molar-refractivity contribution in [3.05, 3.63) is 59.9 Å². The minimum absolute atomic E-state index is 0.0326. The van der Waals surface area contributed by atoms with Crippen LogP contribution in [0.5, 0.6) is 0 Å². The Labute approximate surface area is 149 Å². The number of fused-ring (bicyclic) bond motifs is 2. The molecule has 128 valence electrons. The van der Waals surface area contributed by atoms with Gasteiger partial charge in [0.25, 0.3) is 5.91 Å². The maximum Gasteiger partial charge on any atom is 0.253 e. The summed E-state index contributed by atoms with van der Waals surface area (Å²) < 4.78 is 1.90. The van der Waals surface area contributed by atoms with Crippen molar-refractivity contribution in [3.8, 4) is 17.1 Å². The van der Waals surface area contributed by atoms with Crippen molar-refractivity contribution >= 4 is 16.9 Å². The lowest BCUT2D eigenvalue weighted by atomic mass is 10.1. The smallest absolute Gasteiger partial charge is 0.253 e. The highest BCUT2D eigenvalue weighted by atomic mass is 16.1. The molecule has 0 spiro atoms. The van der Waals surface area contributed by atoms with E-state index in [0.29, 0.717) is 17.9 Å². The van der Waals surface area contributed by atoms with Crippen molar-refractivity contribution in [1.29, 1.82) is 0 Å². The molecular weight excluding hydrogens is 328 g/mol. The number of aryl methyl sites for hydroxylation is 1. The second-order valence-corrected chi connectivity index (χ2v) is 6.33. The first-order valence-electron chi connectivity index (χ1n) is 8.47. The van der Waals surface area contributed by atoms with Crippen LogP contribution in [-0.4, -0.2) is 37.0 Å². The normalized spacial score (nSPS) is 13.7. The van der Waals surface area contributed by atoms with Crippen LogP contribution in [0.3, 0.4) is 0 Å². The zero-order valence-electron chi connectivity index (χ0n) is 14.2. The molecule has 0 atom stereocenters. The van der Waals surface area contributed by atoms with Gasteiger partial charge in [-0.05, 0) is 19.1 Å². The summed E-state index contributed by atoms with van der Waals surface area (Å²) in [5.74, 6) is 1.53. The maximum absolute atomic E-state index is 12.1. The Balaban J connectivity index is 1.71. The third-order valence-electron chi connectivity index (χ3n) is 4.73. The van der Waals surface area contributed by atoms with E-state index in [-0.39, 0.29) is 5.91 Å². The van der Waals surface area contributed by atoms with E-state index in [1.807, 2.05) is 42.0 Å². The van der Waals surface area contributed by atoms with Crippen LogP contribution in [0.1, 0.15) is 21.9 Å². The summed E-state index contributed by atoms with van der Waals surface area (Å²) in [5, 5.41) is 2.88. The lowest BCUT2D eigenvalue weighted by Crippen LogP contribution is -2.31. The van der Waals surface area contributed by atoms with Gasteiger partial charge in [0.05, 0.1) is 17.3 Å². The quantitative estimate of drug-likeness (QED) is 0.584. The summed E-state index contributed by atoms with van der Waals surface area (Å²) in [7, 11) is 0. The molecule has 1 aromatic carbocycles. The van der Waals surface area contributed by atoms with Crippen LogP contribution in [0, 0.1) is 6.92 Å². The van der Waals surface area contributed by atoms with E-state index in [4.69, 9.17) is 4.98 Å². The summed E-state index contributed by atoms with van der Waals surface area (Å²) >= 11 is 0. The number of carbonyl (C=O) groups excluding carboxylic acids is 1. The number of imidazole rings is 1. The Morgan fingerprint density at radius 3 is 2.92 bits per heavy atom. The Morgan fingerprint density at radius 2 is 2.12 bits per heavy atom. The van der Waals surface area contributed by atoms with E-state index in [1.165, 1.54) is 0 Å².